The SMILES string of the molecule is C[C@H]1CN(Cc2cccc(CN)c2)C[C@H](C)O1. The Hall–Kier alpha value is -0.900. The number of nitrogens with two attached hydrogens (primary N) is 1. The molecule has 1 fully saturated rings. The first kappa shape index (κ1) is 12.6. The van der Waals surface area contributed by atoms with Crippen LogP contribution in [0.4, 0.5) is 0 Å². The zero-order chi connectivity index (χ0) is 12.3. The van der Waals surface area contributed by atoms with Gasteiger partial charge in [0, 0.05) is 26.2 Å². The molecule has 1 aliphatic heterocycles. The molecule has 2 rings (SSSR count). The second-order valence-electron chi connectivity index (χ2n) is 4.98. The minimum atomic E-state index is 0.330. The van der Waals surface area contributed by atoms with Crippen molar-refractivity contribution in [2.75, 3.05) is 13.1 Å². The Morgan fingerprint density at radius 3 is 2.53 bits per heavy atom. The number of morpholine rings is 1. The average molecular weight is 234 g/mol. The zero-order valence-corrected chi connectivity index (χ0v) is 10.7. The topological polar surface area (TPSA) is 38.5 Å². The lowest BCUT2D eigenvalue weighted by molar-refractivity contribution is -0.0704. The lowest BCUT2D eigenvalue weighted by Crippen LogP contribution is -2.44. The van der Waals surface area contributed by atoms with Crippen molar-refractivity contribution in [1.82, 2.24) is 4.90 Å². The summed E-state index contributed by atoms with van der Waals surface area (Å²) in [6.45, 7) is 7.90. The summed E-state index contributed by atoms with van der Waals surface area (Å²) in [6.07, 6.45) is 0.660. The van der Waals surface area contributed by atoms with Crippen LogP contribution in [0.5, 0.6) is 0 Å². The maximum atomic E-state index is 5.74. The van der Waals surface area contributed by atoms with Gasteiger partial charge in [-0.2, -0.15) is 0 Å². The molecule has 3 heteroatoms. The van der Waals surface area contributed by atoms with E-state index in [9.17, 15) is 0 Å². The molecule has 0 bridgehead atoms. The third-order valence-corrected chi connectivity index (χ3v) is 3.13. The molecule has 3 nitrogen and oxygen atoms in total. The average Bonchev–Trinajstić information content (AvgIpc) is 2.28. The van der Waals surface area contributed by atoms with Crippen molar-refractivity contribution in [3.8, 4) is 0 Å². The first-order chi connectivity index (χ1) is 8.17. The molecule has 1 aliphatic rings. The number of ether oxygens (including phenoxy) is 1. The number of nitrogens with zero attached hydrogens (tertiary/aromatic N) is 1. The Bertz CT molecular complexity index is 357. The maximum Gasteiger partial charge on any atom is 0.0678 e. The van der Waals surface area contributed by atoms with Crippen LogP contribution < -0.4 is 5.73 Å². The lowest BCUT2D eigenvalue weighted by atomic mass is 10.1. The first-order valence-corrected chi connectivity index (χ1v) is 6.33. The van der Waals surface area contributed by atoms with Gasteiger partial charge in [0.1, 0.15) is 0 Å². The van der Waals surface area contributed by atoms with Crippen LogP contribution in [0.15, 0.2) is 24.3 Å². The van der Waals surface area contributed by atoms with Crippen LogP contribution in [0, 0.1) is 0 Å². The highest BCUT2D eigenvalue weighted by Crippen LogP contribution is 2.14. The summed E-state index contributed by atoms with van der Waals surface area (Å²) >= 11 is 0. The third kappa shape index (κ3) is 3.53. The molecule has 1 aromatic carbocycles. The molecule has 0 spiro atoms. The summed E-state index contributed by atoms with van der Waals surface area (Å²) in [7, 11) is 0. The lowest BCUT2D eigenvalue weighted by Gasteiger charge is -2.35. The molecule has 0 aromatic heterocycles. The summed E-state index contributed by atoms with van der Waals surface area (Å²) in [5.74, 6) is 0. The van der Waals surface area contributed by atoms with Gasteiger partial charge in [-0.15, -0.1) is 0 Å². The third-order valence-electron chi connectivity index (χ3n) is 3.13. The summed E-state index contributed by atoms with van der Waals surface area (Å²) in [5, 5.41) is 0. The molecular formula is C14H22N2O. The van der Waals surface area contributed by atoms with E-state index in [1.807, 2.05) is 0 Å². The van der Waals surface area contributed by atoms with Crippen LogP contribution in [0.1, 0.15) is 25.0 Å². The predicted molar refractivity (Wildman–Crippen MR) is 69.6 cm³/mol. The number of hydrogen-bond acceptors (Lipinski definition) is 3. The van der Waals surface area contributed by atoms with E-state index in [1.165, 1.54) is 11.1 Å². The summed E-state index contributed by atoms with van der Waals surface area (Å²) in [5.41, 5.74) is 8.21. The van der Waals surface area contributed by atoms with Gasteiger partial charge < -0.3 is 10.5 Å². The molecule has 0 aliphatic carbocycles. The zero-order valence-electron chi connectivity index (χ0n) is 10.7. The molecule has 17 heavy (non-hydrogen) atoms. The maximum absolute atomic E-state index is 5.74. The van der Waals surface area contributed by atoms with Crippen molar-refractivity contribution in [2.45, 2.75) is 39.1 Å². The summed E-state index contributed by atoms with van der Waals surface area (Å²) < 4.78 is 5.74. The highest BCUT2D eigenvalue weighted by Gasteiger charge is 2.21. The molecule has 1 saturated heterocycles. The predicted octanol–water partition coefficient (Wildman–Crippen LogP) is 1.75. The molecule has 0 unspecified atom stereocenters. The van der Waals surface area contributed by atoms with Crippen LogP contribution in [-0.4, -0.2) is 30.2 Å². The van der Waals surface area contributed by atoms with Gasteiger partial charge in [0.2, 0.25) is 0 Å². The first-order valence-electron chi connectivity index (χ1n) is 6.33. The Morgan fingerprint density at radius 2 is 1.88 bits per heavy atom. The van der Waals surface area contributed by atoms with Crippen LogP contribution in [0.25, 0.3) is 0 Å². The van der Waals surface area contributed by atoms with E-state index in [0.717, 1.165) is 19.6 Å². The van der Waals surface area contributed by atoms with Crippen molar-refractivity contribution in [1.29, 1.82) is 0 Å². The number of hydrogen-bond donors (Lipinski definition) is 1. The number of benzene rings is 1. The van der Waals surface area contributed by atoms with Crippen LogP contribution in [0.3, 0.4) is 0 Å². The Labute approximate surface area is 104 Å². The molecule has 1 heterocycles. The van der Waals surface area contributed by atoms with E-state index < -0.39 is 0 Å². The van der Waals surface area contributed by atoms with Crippen LogP contribution in [-0.2, 0) is 17.8 Å². The van der Waals surface area contributed by atoms with E-state index in [0.29, 0.717) is 18.8 Å². The highest BCUT2D eigenvalue weighted by molar-refractivity contribution is 5.23. The summed E-state index contributed by atoms with van der Waals surface area (Å²) in [6, 6.07) is 8.54. The van der Waals surface area contributed by atoms with Gasteiger partial charge in [-0.25, -0.2) is 0 Å². The van der Waals surface area contributed by atoms with E-state index in [-0.39, 0.29) is 0 Å². The fourth-order valence-corrected chi connectivity index (χ4v) is 2.53. The van der Waals surface area contributed by atoms with Gasteiger partial charge in [0.05, 0.1) is 12.2 Å². The molecule has 0 saturated carbocycles. The van der Waals surface area contributed by atoms with Crippen molar-refractivity contribution < 1.29 is 4.74 Å². The molecule has 2 N–H and O–H groups in total. The standard InChI is InChI=1S/C14H22N2O/c1-11-8-16(9-12(2)17-11)10-14-5-3-4-13(6-14)7-15/h3-6,11-12H,7-10,15H2,1-2H3/t11-,12-/m0/s1. The van der Waals surface area contributed by atoms with E-state index in [1.54, 1.807) is 0 Å². The molecule has 94 valence electrons. The van der Waals surface area contributed by atoms with Crippen molar-refractivity contribution in [3.05, 3.63) is 35.4 Å². The summed E-state index contributed by atoms with van der Waals surface area (Å²) in [4.78, 5) is 2.45. The Balaban J connectivity index is 1.99. The fourth-order valence-electron chi connectivity index (χ4n) is 2.53. The van der Waals surface area contributed by atoms with Gasteiger partial charge in [-0.1, -0.05) is 24.3 Å². The van der Waals surface area contributed by atoms with Crippen molar-refractivity contribution in [3.63, 3.8) is 0 Å². The van der Waals surface area contributed by atoms with Crippen LogP contribution in [0.2, 0.25) is 0 Å². The normalized spacial score (nSPS) is 26.1. The molecule has 2 atom stereocenters. The van der Waals surface area contributed by atoms with Gasteiger partial charge in [-0.3, -0.25) is 4.90 Å². The largest absolute Gasteiger partial charge is 0.373 e. The van der Waals surface area contributed by atoms with Gasteiger partial charge in [0.15, 0.2) is 0 Å². The Morgan fingerprint density at radius 1 is 1.24 bits per heavy atom. The minimum Gasteiger partial charge on any atom is -0.373 e. The minimum absolute atomic E-state index is 0.330. The van der Waals surface area contributed by atoms with E-state index in [2.05, 4.69) is 43.0 Å². The van der Waals surface area contributed by atoms with E-state index in [4.69, 9.17) is 10.5 Å². The number of rotatable bonds is 3. The second kappa shape index (κ2) is 5.63. The molecule has 1 aromatic rings. The monoisotopic (exact) mass is 234 g/mol. The highest BCUT2D eigenvalue weighted by atomic mass is 16.5. The van der Waals surface area contributed by atoms with Gasteiger partial charge in [0.25, 0.3) is 0 Å². The van der Waals surface area contributed by atoms with Crippen molar-refractivity contribution >= 4 is 0 Å². The molecule has 0 radical (unpaired) electrons. The second-order valence-corrected chi connectivity index (χ2v) is 4.98. The molecule has 0 amide bonds. The molecular weight excluding hydrogens is 212 g/mol. The smallest absolute Gasteiger partial charge is 0.0678 e. The Kier molecular flexibility index (Phi) is 4.15. The quantitative estimate of drug-likeness (QED) is 0.866. The van der Waals surface area contributed by atoms with E-state index >= 15 is 0 Å². The fraction of sp³-hybridized carbons (Fsp3) is 0.571. The van der Waals surface area contributed by atoms with Gasteiger partial charge >= 0.3 is 0 Å². The van der Waals surface area contributed by atoms with Crippen LogP contribution >= 0.6 is 0 Å². The van der Waals surface area contributed by atoms with Crippen molar-refractivity contribution in [2.24, 2.45) is 5.73 Å². The van der Waals surface area contributed by atoms with Gasteiger partial charge in [-0.05, 0) is 25.0 Å².